The Labute approximate surface area is 160 Å². The van der Waals surface area contributed by atoms with Crippen LogP contribution in [-0.2, 0) is 13.0 Å². The fourth-order valence-electron chi connectivity index (χ4n) is 3.06. The highest BCUT2D eigenvalue weighted by Gasteiger charge is 2.17. The number of fused-ring (bicyclic) bond motifs is 1. The van der Waals surface area contributed by atoms with Gasteiger partial charge in [0.25, 0.3) is 5.56 Å². The van der Waals surface area contributed by atoms with Crippen molar-refractivity contribution in [2.45, 2.75) is 13.0 Å². The molecule has 0 saturated carbocycles. The van der Waals surface area contributed by atoms with Crippen molar-refractivity contribution in [3.8, 4) is 28.6 Å². The van der Waals surface area contributed by atoms with Crippen molar-refractivity contribution >= 4 is 0 Å². The van der Waals surface area contributed by atoms with Crippen LogP contribution in [0, 0.1) is 0 Å². The molecule has 3 aromatic rings. The molecule has 0 saturated heterocycles. The van der Waals surface area contributed by atoms with Crippen molar-refractivity contribution < 1.29 is 19.3 Å². The van der Waals surface area contributed by atoms with Crippen LogP contribution in [0.1, 0.15) is 11.3 Å². The molecule has 1 aromatic heterocycles. The summed E-state index contributed by atoms with van der Waals surface area (Å²) in [5, 5.41) is 13.6. The number of aliphatic hydroxyl groups excluding tert-OH is 1. The molecule has 28 heavy (non-hydrogen) atoms. The highest BCUT2D eigenvalue weighted by Crippen LogP contribution is 2.33. The second kappa shape index (κ2) is 7.69. The number of methoxy groups -OCH3 is 1. The Balaban J connectivity index is 1.78. The molecule has 2 aromatic carbocycles. The first kappa shape index (κ1) is 18.0. The minimum atomic E-state index is -0.342. The van der Waals surface area contributed by atoms with Crippen LogP contribution in [0.25, 0.3) is 11.4 Å². The summed E-state index contributed by atoms with van der Waals surface area (Å²) < 4.78 is 17.4. The van der Waals surface area contributed by atoms with Gasteiger partial charge in [-0.3, -0.25) is 4.79 Å². The summed E-state index contributed by atoms with van der Waals surface area (Å²) in [6.45, 7) is 0.0664. The van der Waals surface area contributed by atoms with E-state index in [2.05, 4.69) is 10.1 Å². The van der Waals surface area contributed by atoms with Crippen molar-refractivity contribution in [3.05, 3.63) is 64.1 Å². The van der Waals surface area contributed by atoms with Crippen LogP contribution in [0.15, 0.2) is 47.3 Å². The molecule has 144 valence electrons. The number of nitrogens with zero attached hydrogens (tertiary/aromatic N) is 3. The summed E-state index contributed by atoms with van der Waals surface area (Å²) in [6, 6.07) is 12.8. The van der Waals surface area contributed by atoms with Crippen molar-refractivity contribution in [3.63, 3.8) is 0 Å². The van der Waals surface area contributed by atoms with Crippen LogP contribution < -0.4 is 19.8 Å². The Kier molecular flexibility index (Phi) is 4.94. The number of hydrogen-bond donors (Lipinski definition) is 1. The van der Waals surface area contributed by atoms with Crippen LogP contribution in [0.3, 0.4) is 0 Å². The summed E-state index contributed by atoms with van der Waals surface area (Å²) in [4.78, 5) is 17.3. The first-order valence-electron chi connectivity index (χ1n) is 8.80. The van der Waals surface area contributed by atoms with Gasteiger partial charge in [-0.2, -0.15) is 0 Å². The molecule has 1 N–H and O–H groups in total. The third kappa shape index (κ3) is 3.41. The maximum absolute atomic E-state index is 12.8. The van der Waals surface area contributed by atoms with E-state index in [9.17, 15) is 9.90 Å². The minimum absolute atomic E-state index is 0.0810. The SMILES string of the molecule is COc1ccccc1-c1nc(Cc2ccc3c(c2)OCO3)c(=O)n(CCO)n1. The van der Waals surface area contributed by atoms with Gasteiger partial charge in [0.1, 0.15) is 11.4 Å². The fourth-order valence-corrected chi connectivity index (χ4v) is 3.06. The van der Waals surface area contributed by atoms with Gasteiger partial charge in [0, 0.05) is 6.42 Å². The topological polar surface area (TPSA) is 95.7 Å². The molecular weight excluding hydrogens is 362 g/mol. The van der Waals surface area contributed by atoms with Gasteiger partial charge in [-0.1, -0.05) is 18.2 Å². The largest absolute Gasteiger partial charge is 0.496 e. The maximum atomic E-state index is 12.8. The number of benzene rings is 2. The van der Waals surface area contributed by atoms with E-state index < -0.39 is 0 Å². The molecule has 8 nitrogen and oxygen atoms in total. The van der Waals surface area contributed by atoms with E-state index in [1.54, 1.807) is 13.2 Å². The van der Waals surface area contributed by atoms with Crippen molar-refractivity contribution in [1.82, 2.24) is 14.8 Å². The molecule has 0 radical (unpaired) electrons. The molecule has 0 unspecified atom stereocenters. The number of para-hydroxylation sites is 1. The molecule has 0 atom stereocenters. The number of aromatic nitrogens is 3. The predicted octanol–water partition coefficient (Wildman–Crippen LogP) is 1.63. The van der Waals surface area contributed by atoms with Crippen LogP contribution in [0.2, 0.25) is 0 Å². The normalized spacial score (nSPS) is 12.2. The first-order chi connectivity index (χ1) is 13.7. The van der Waals surface area contributed by atoms with Gasteiger partial charge in [-0.25, -0.2) is 9.67 Å². The standard InChI is InChI=1S/C20H19N3O5/c1-26-16-5-3-2-4-14(16)19-21-15(20(25)23(22-19)8-9-24)10-13-6-7-17-18(11-13)28-12-27-17/h2-7,11,24H,8-10,12H2,1H3. The lowest BCUT2D eigenvalue weighted by atomic mass is 10.1. The van der Waals surface area contributed by atoms with Crippen LogP contribution in [0.5, 0.6) is 17.2 Å². The van der Waals surface area contributed by atoms with E-state index in [4.69, 9.17) is 14.2 Å². The zero-order chi connectivity index (χ0) is 19.5. The molecule has 0 aliphatic carbocycles. The lowest BCUT2D eigenvalue weighted by molar-refractivity contribution is 0.174. The zero-order valence-electron chi connectivity index (χ0n) is 15.3. The number of rotatable bonds is 6. The van der Waals surface area contributed by atoms with Gasteiger partial charge in [-0.15, -0.1) is 5.10 Å². The highest BCUT2D eigenvalue weighted by atomic mass is 16.7. The van der Waals surface area contributed by atoms with Crippen LogP contribution in [-0.4, -0.2) is 40.4 Å². The van der Waals surface area contributed by atoms with Crippen LogP contribution >= 0.6 is 0 Å². The van der Waals surface area contributed by atoms with Crippen molar-refractivity contribution in [2.24, 2.45) is 0 Å². The second-order valence-corrected chi connectivity index (χ2v) is 6.20. The Morgan fingerprint density at radius 3 is 2.82 bits per heavy atom. The molecule has 2 heterocycles. The van der Waals surface area contributed by atoms with E-state index in [1.807, 2.05) is 36.4 Å². The van der Waals surface area contributed by atoms with E-state index in [1.165, 1.54) is 4.68 Å². The zero-order valence-corrected chi connectivity index (χ0v) is 15.3. The third-order valence-electron chi connectivity index (χ3n) is 4.41. The number of ether oxygens (including phenoxy) is 3. The quantitative estimate of drug-likeness (QED) is 0.693. The van der Waals surface area contributed by atoms with E-state index in [-0.39, 0.29) is 25.5 Å². The van der Waals surface area contributed by atoms with Gasteiger partial charge in [0.05, 0.1) is 25.8 Å². The van der Waals surface area contributed by atoms with Gasteiger partial charge in [-0.05, 0) is 29.8 Å². The Morgan fingerprint density at radius 1 is 1.18 bits per heavy atom. The molecule has 0 bridgehead atoms. The Morgan fingerprint density at radius 2 is 2.00 bits per heavy atom. The average Bonchev–Trinajstić information content (AvgIpc) is 3.19. The second-order valence-electron chi connectivity index (χ2n) is 6.20. The van der Waals surface area contributed by atoms with Gasteiger partial charge in [0.2, 0.25) is 6.79 Å². The van der Waals surface area contributed by atoms with E-state index in [0.29, 0.717) is 40.8 Å². The summed E-state index contributed by atoms with van der Waals surface area (Å²) in [6.07, 6.45) is 0.297. The first-order valence-corrected chi connectivity index (χ1v) is 8.80. The lowest BCUT2D eigenvalue weighted by Crippen LogP contribution is -2.30. The van der Waals surface area contributed by atoms with E-state index >= 15 is 0 Å². The Hall–Kier alpha value is -3.39. The van der Waals surface area contributed by atoms with Gasteiger partial charge < -0.3 is 19.3 Å². The van der Waals surface area contributed by atoms with Gasteiger partial charge >= 0.3 is 0 Å². The lowest BCUT2D eigenvalue weighted by Gasteiger charge is -2.11. The number of aliphatic hydroxyl groups is 1. The van der Waals surface area contributed by atoms with Gasteiger partial charge in [0.15, 0.2) is 17.3 Å². The molecule has 1 aliphatic heterocycles. The van der Waals surface area contributed by atoms with Crippen molar-refractivity contribution in [1.29, 1.82) is 0 Å². The maximum Gasteiger partial charge on any atom is 0.288 e. The molecule has 0 spiro atoms. The monoisotopic (exact) mass is 381 g/mol. The summed E-state index contributed by atoms with van der Waals surface area (Å²) in [5.74, 6) is 2.29. The summed E-state index contributed by atoms with van der Waals surface area (Å²) >= 11 is 0. The van der Waals surface area contributed by atoms with Crippen LogP contribution in [0.4, 0.5) is 0 Å². The molecule has 0 fully saturated rings. The predicted molar refractivity (Wildman–Crippen MR) is 101 cm³/mol. The average molecular weight is 381 g/mol. The van der Waals surface area contributed by atoms with E-state index in [0.717, 1.165) is 5.56 Å². The Bertz CT molecular complexity index is 1060. The molecular formula is C20H19N3O5. The molecule has 4 rings (SSSR count). The molecule has 8 heteroatoms. The fraction of sp³-hybridized carbons (Fsp3) is 0.250. The third-order valence-corrected chi connectivity index (χ3v) is 4.41. The smallest absolute Gasteiger partial charge is 0.288 e. The molecule has 0 amide bonds. The summed E-state index contributed by atoms with van der Waals surface area (Å²) in [5.41, 5.74) is 1.51. The minimum Gasteiger partial charge on any atom is -0.496 e. The van der Waals surface area contributed by atoms with Crippen molar-refractivity contribution in [2.75, 3.05) is 20.5 Å². The number of hydrogen-bond acceptors (Lipinski definition) is 7. The summed E-state index contributed by atoms with van der Waals surface area (Å²) in [7, 11) is 1.57. The highest BCUT2D eigenvalue weighted by molar-refractivity contribution is 5.63. The molecule has 1 aliphatic rings.